The Kier molecular flexibility index (Phi) is 3.23. The van der Waals surface area contributed by atoms with Gasteiger partial charge in [0.25, 0.3) is 0 Å². The van der Waals surface area contributed by atoms with E-state index >= 15 is 0 Å². The van der Waals surface area contributed by atoms with Gasteiger partial charge in [0.05, 0.1) is 12.9 Å². The molecule has 4 rings (SSSR count). The molecule has 23 heavy (non-hydrogen) atoms. The number of aromatic nitrogens is 2. The zero-order chi connectivity index (χ0) is 15.8. The third-order valence-electron chi connectivity index (χ3n) is 4.22. The lowest BCUT2D eigenvalue weighted by Gasteiger charge is -2.18. The topological polar surface area (TPSA) is 32.3 Å². The standard InChI is InChI=1S/C19H18N4/c1-14-8-6-7-11-16(14)18-20-12-17-19(21-18)23(13-22(17)2)15-9-4-3-5-10-15/h3-12H,13H2,1-2H3. The van der Waals surface area contributed by atoms with Crippen molar-refractivity contribution in [3.8, 4) is 11.4 Å². The number of anilines is 3. The maximum Gasteiger partial charge on any atom is 0.162 e. The van der Waals surface area contributed by atoms with Crippen molar-refractivity contribution in [3.63, 3.8) is 0 Å². The predicted molar refractivity (Wildman–Crippen MR) is 94.1 cm³/mol. The maximum atomic E-state index is 4.87. The highest BCUT2D eigenvalue weighted by atomic mass is 15.4. The summed E-state index contributed by atoms with van der Waals surface area (Å²) in [5.41, 5.74) is 4.47. The van der Waals surface area contributed by atoms with E-state index in [2.05, 4.69) is 65.2 Å². The summed E-state index contributed by atoms with van der Waals surface area (Å²) >= 11 is 0. The van der Waals surface area contributed by atoms with Gasteiger partial charge in [-0.15, -0.1) is 0 Å². The lowest BCUT2D eigenvalue weighted by atomic mass is 10.1. The second-order valence-electron chi connectivity index (χ2n) is 5.82. The first kappa shape index (κ1) is 13.8. The monoisotopic (exact) mass is 302 g/mol. The van der Waals surface area contributed by atoms with Crippen molar-refractivity contribution < 1.29 is 0 Å². The minimum absolute atomic E-state index is 0.776. The van der Waals surface area contributed by atoms with Crippen LogP contribution in [0.1, 0.15) is 5.56 Å². The van der Waals surface area contributed by atoms with Gasteiger partial charge in [0.15, 0.2) is 11.6 Å². The van der Waals surface area contributed by atoms with Crippen LogP contribution in [0.2, 0.25) is 0 Å². The Bertz CT molecular complexity index is 845. The van der Waals surface area contributed by atoms with E-state index in [-0.39, 0.29) is 0 Å². The summed E-state index contributed by atoms with van der Waals surface area (Å²) in [6.07, 6.45) is 1.92. The van der Waals surface area contributed by atoms with Gasteiger partial charge in [0.2, 0.25) is 0 Å². The molecular weight excluding hydrogens is 284 g/mol. The summed E-state index contributed by atoms with van der Waals surface area (Å²) in [4.78, 5) is 13.8. The Labute approximate surface area is 136 Å². The molecule has 0 bridgehead atoms. The number of nitrogens with zero attached hydrogens (tertiary/aromatic N) is 4. The predicted octanol–water partition coefficient (Wildman–Crippen LogP) is 4.00. The van der Waals surface area contributed by atoms with Crippen LogP contribution in [0, 0.1) is 6.92 Å². The summed E-state index contributed by atoms with van der Waals surface area (Å²) in [6, 6.07) is 18.6. The summed E-state index contributed by atoms with van der Waals surface area (Å²) in [7, 11) is 2.07. The molecule has 4 heteroatoms. The minimum atomic E-state index is 0.776. The second-order valence-corrected chi connectivity index (χ2v) is 5.82. The summed E-state index contributed by atoms with van der Waals surface area (Å²) in [5, 5.41) is 0. The van der Waals surface area contributed by atoms with Crippen molar-refractivity contribution in [2.45, 2.75) is 6.92 Å². The van der Waals surface area contributed by atoms with E-state index in [9.17, 15) is 0 Å². The van der Waals surface area contributed by atoms with E-state index in [1.807, 2.05) is 24.4 Å². The highest BCUT2D eigenvalue weighted by molar-refractivity contribution is 5.80. The van der Waals surface area contributed by atoms with E-state index in [1.54, 1.807) is 0 Å². The van der Waals surface area contributed by atoms with Crippen LogP contribution in [0.3, 0.4) is 0 Å². The molecule has 3 aromatic rings. The van der Waals surface area contributed by atoms with Gasteiger partial charge in [-0.1, -0.05) is 42.5 Å². The zero-order valence-corrected chi connectivity index (χ0v) is 13.3. The SMILES string of the molecule is Cc1ccccc1-c1ncc2c(n1)N(c1ccccc1)CN2C. The van der Waals surface area contributed by atoms with Gasteiger partial charge in [-0.05, 0) is 24.6 Å². The Balaban J connectivity index is 1.83. The largest absolute Gasteiger partial charge is 0.352 e. The Morgan fingerprint density at radius 2 is 1.70 bits per heavy atom. The van der Waals surface area contributed by atoms with Crippen LogP contribution in [-0.4, -0.2) is 23.7 Å². The number of rotatable bonds is 2. The number of hydrogen-bond donors (Lipinski definition) is 0. The van der Waals surface area contributed by atoms with Crippen molar-refractivity contribution in [2.24, 2.45) is 0 Å². The lowest BCUT2D eigenvalue weighted by molar-refractivity contribution is 0.944. The number of hydrogen-bond acceptors (Lipinski definition) is 4. The number of aryl methyl sites for hydroxylation is 1. The number of benzene rings is 2. The van der Waals surface area contributed by atoms with E-state index in [4.69, 9.17) is 4.98 Å². The van der Waals surface area contributed by atoms with Gasteiger partial charge < -0.3 is 9.80 Å². The first-order valence-corrected chi connectivity index (χ1v) is 7.71. The summed E-state index contributed by atoms with van der Waals surface area (Å²) < 4.78 is 0. The van der Waals surface area contributed by atoms with Crippen molar-refractivity contribution in [2.75, 3.05) is 23.5 Å². The molecule has 0 fully saturated rings. The Morgan fingerprint density at radius 1 is 0.957 bits per heavy atom. The molecule has 0 N–H and O–H groups in total. The number of fused-ring (bicyclic) bond motifs is 1. The Hall–Kier alpha value is -2.88. The molecule has 0 saturated heterocycles. The average molecular weight is 302 g/mol. The molecular formula is C19H18N4. The molecule has 114 valence electrons. The molecule has 1 aromatic heterocycles. The van der Waals surface area contributed by atoms with E-state index in [0.29, 0.717) is 0 Å². The summed E-state index contributed by atoms with van der Waals surface area (Å²) in [5.74, 6) is 1.74. The van der Waals surface area contributed by atoms with Crippen LogP contribution in [0.5, 0.6) is 0 Å². The van der Waals surface area contributed by atoms with Gasteiger partial charge in [-0.25, -0.2) is 9.97 Å². The summed E-state index contributed by atoms with van der Waals surface area (Å²) in [6.45, 7) is 2.87. The molecule has 0 amide bonds. The zero-order valence-electron chi connectivity index (χ0n) is 13.3. The molecule has 2 aromatic carbocycles. The van der Waals surface area contributed by atoms with Gasteiger partial charge in [-0.3, -0.25) is 0 Å². The van der Waals surface area contributed by atoms with Crippen LogP contribution in [0.4, 0.5) is 17.2 Å². The van der Waals surface area contributed by atoms with Crippen LogP contribution in [0.25, 0.3) is 11.4 Å². The van der Waals surface area contributed by atoms with Crippen LogP contribution in [-0.2, 0) is 0 Å². The lowest BCUT2D eigenvalue weighted by Crippen LogP contribution is -2.24. The highest BCUT2D eigenvalue weighted by Gasteiger charge is 2.27. The van der Waals surface area contributed by atoms with Gasteiger partial charge in [0, 0.05) is 18.3 Å². The number of para-hydroxylation sites is 1. The van der Waals surface area contributed by atoms with Crippen molar-refractivity contribution >= 4 is 17.2 Å². The maximum absolute atomic E-state index is 4.87. The van der Waals surface area contributed by atoms with Crippen molar-refractivity contribution in [1.82, 2.24) is 9.97 Å². The molecule has 0 unspecified atom stereocenters. The van der Waals surface area contributed by atoms with E-state index in [0.717, 1.165) is 35.2 Å². The van der Waals surface area contributed by atoms with Gasteiger partial charge in [0.1, 0.15) is 5.69 Å². The van der Waals surface area contributed by atoms with E-state index in [1.165, 1.54) is 5.56 Å². The van der Waals surface area contributed by atoms with Crippen LogP contribution < -0.4 is 9.80 Å². The fourth-order valence-electron chi connectivity index (χ4n) is 2.96. The molecule has 1 aliphatic heterocycles. The van der Waals surface area contributed by atoms with Crippen LogP contribution in [0.15, 0.2) is 60.8 Å². The quantitative estimate of drug-likeness (QED) is 0.716. The molecule has 2 heterocycles. The van der Waals surface area contributed by atoms with E-state index < -0.39 is 0 Å². The fourth-order valence-corrected chi connectivity index (χ4v) is 2.96. The fraction of sp³-hybridized carbons (Fsp3) is 0.158. The molecule has 0 saturated carbocycles. The molecule has 0 atom stereocenters. The molecule has 4 nitrogen and oxygen atoms in total. The minimum Gasteiger partial charge on any atom is -0.352 e. The smallest absolute Gasteiger partial charge is 0.162 e. The second kappa shape index (κ2) is 5.39. The average Bonchev–Trinajstić information content (AvgIpc) is 2.92. The Morgan fingerprint density at radius 3 is 2.48 bits per heavy atom. The van der Waals surface area contributed by atoms with Crippen molar-refractivity contribution in [1.29, 1.82) is 0 Å². The first-order valence-electron chi connectivity index (χ1n) is 7.71. The van der Waals surface area contributed by atoms with Crippen molar-refractivity contribution in [3.05, 3.63) is 66.4 Å². The van der Waals surface area contributed by atoms with Gasteiger partial charge >= 0.3 is 0 Å². The van der Waals surface area contributed by atoms with Crippen LogP contribution >= 0.6 is 0 Å². The van der Waals surface area contributed by atoms with Gasteiger partial charge in [-0.2, -0.15) is 0 Å². The highest BCUT2D eigenvalue weighted by Crippen LogP contribution is 2.38. The third kappa shape index (κ3) is 2.32. The third-order valence-corrected chi connectivity index (χ3v) is 4.22. The molecule has 0 aliphatic carbocycles. The first-order chi connectivity index (χ1) is 11.2. The molecule has 0 radical (unpaired) electrons. The molecule has 0 spiro atoms. The molecule has 1 aliphatic rings. The normalized spacial score (nSPS) is 13.3.